The highest BCUT2D eigenvalue weighted by Crippen LogP contribution is 2.33. The Hall–Kier alpha value is -3.14. The average Bonchev–Trinajstić information content (AvgIpc) is 3.42. The number of thiazole rings is 2. The predicted molar refractivity (Wildman–Crippen MR) is 129 cm³/mol. The van der Waals surface area contributed by atoms with E-state index in [2.05, 4.69) is 9.97 Å². The molecule has 0 aliphatic rings. The Bertz CT molecular complexity index is 1560. The van der Waals surface area contributed by atoms with E-state index in [1.165, 1.54) is 28.9 Å². The number of hydrogen-bond acceptors (Lipinski definition) is 7. The fraction of sp³-hybridized carbons (Fsp3) is 0.0870. The number of benzene rings is 3. The number of fused-ring (bicyclic) bond motifs is 2. The van der Waals surface area contributed by atoms with Gasteiger partial charge in [-0.15, -0.1) is 11.3 Å². The van der Waals surface area contributed by atoms with Crippen LogP contribution < -0.4 is 4.90 Å². The van der Waals surface area contributed by atoms with Crippen molar-refractivity contribution in [2.45, 2.75) is 11.4 Å². The molecule has 2 aromatic heterocycles. The zero-order valence-corrected chi connectivity index (χ0v) is 19.4. The molecule has 0 fully saturated rings. The molecule has 160 valence electrons. The lowest BCUT2D eigenvalue weighted by Crippen LogP contribution is -2.30. The maximum absolute atomic E-state index is 13.6. The van der Waals surface area contributed by atoms with E-state index in [9.17, 15) is 13.2 Å². The van der Waals surface area contributed by atoms with Crippen molar-refractivity contribution < 1.29 is 13.2 Å². The van der Waals surface area contributed by atoms with Gasteiger partial charge in [0.05, 0.1) is 37.4 Å². The lowest BCUT2D eigenvalue weighted by molar-refractivity contribution is 0.0985. The molecular weight excluding hydrogens is 462 g/mol. The number of carbonyl (C=O) groups is 1. The van der Waals surface area contributed by atoms with Gasteiger partial charge < -0.3 is 0 Å². The van der Waals surface area contributed by atoms with Crippen LogP contribution in [0.1, 0.15) is 15.9 Å². The fourth-order valence-electron chi connectivity index (χ4n) is 3.38. The zero-order chi connectivity index (χ0) is 22.3. The number of carbonyl (C=O) groups excluding carboxylic acids is 1. The molecule has 0 unspecified atom stereocenters. The highest BCUT2D eigenvalue weighted by atomic mass is 32.2. The van der Waals surface area contributed by atoms with Crippen molar-refractivity contribution in [1.29, 1.82) is 0 Å². The van der Waals surface area contributed by atoms with Gasteiger partial charge in [-0.05, 0) is 42.0 Å². The topological polar surface area (TPSA) is 80.2 Å². The summed E-state index contributed by atoms with van der Waals surface area (Å²) in [5.74, 6) is -0.174. The quantitative estimate of drug-likeness (QED) is 0.348. The van der Waals surface area contributed by atoms with E-state index in [4.69, 9.17) is 0 Å². The first-order valence-electron chi connectivity index (χ1n) is 9.68. The fourth-order valence-corrected chi connectivity index (χ4v) is 5.82. The van der Waals surface area contributed by atoms with Crippen LogP contribution in [0.15, 0.2) is 77.1 Å². The Labute approximate surface area is 192 Å². The van der Waals surface area contributed by atoms with Crippen LogP contribution in [0.3, 0.4) is 0 Å². The van der Waals surface area contributed by atoms with E-state index < -0.39 is 9.84 Å². The van der Waals surface area contributed by atoms with Crippen molar-refractivity contribution >= 4 is 64.0 Å². The van der Waals surface area contributed by atoms with Crippen LogP contribution in [-0.4, -0.2) is 30.5 Å². The standard InChI is InChI=1S/C23H17N3O3S3/c1-32(28,29)17-8-10-19-21(12-17)31-23(25-19)26(13-15-5-3-2-4-6-15)22(27)16-7-9-18-20(11-16)30-14-24-18/h2-12,14H,13H2,1H3. The van der Waals surface area contributed by atoms with E-state index in [1.54, 1.807) is 34.7 Å². The molecule has 0 bridgehead atoms. The summed E-state index contributed by atoms with van der Waals surface area (Å²) in [6.07, 6.45) is 1.18. The average molecular weight is 480 g/mol. The summed E-state index contributed by atoms with van der Waals surface area (Å²) in [6.45, 7) is 0.346. The van der Waals surface area contributed by atoms with Crippen molar-refractivity contribution in [3.63, 3.8) is 0 Å². The third kappa shape index (κ3) is 4.02. The molecule has 2 heterocycles. The number of amides is 1. The van der Waals surface area contributed by atoms with Gasteiger partial charge in [-0.2, -0.15) is 0 Å². The largest absolute Gasteiger partial charge is 0.279 e. The molecule has 0 atom stereocenters. The molecule has 3 aromatic carbocycles. The van der Waals surface area contributed by atoms with E-state index in [0.29, 0.717) is 27.5 Å². The Morgan fingerprint density at radius 2 is 1.75 bits per heavy atom. The molecule has 0 saturated carbocycles. The molecule has 32 heavy (non-hydrogen) atoms. The first-order chi connectivity index (χ1) is 15.4. The highest BCUT2D eigenvalue weighted by molar-refractivity contribution is 7.90. The van der Waals surface area contributed by atoms with Crippen LogP contribution in [0.4, 0.5) is 5.13 Å². The van der Waals surface area contributed by atoms with Gasteiger partial charge in [0, 0.05) is 11.8 Å². The first-order valence-corrected chi connectivity index (χ1v) is 13.3. The molecular formula is C23H17N3O3S3. The minimum Gasteiger partial charge on any atom is -0.279 e. The Kier molecular flexibility index (Phi) is 5.24. The monoisotopic (exact) mass is 479 g/mol. The van der Waals surface area contributed by atoms with E-state index >= 15 is 0 Å². The summed E-state index contributed by atoms with van der Waals surface area (Å²) in [7, 11) is -3.33. The van der Waals surface area contributed by atoms with Crippen LogP contribution in [0, 0.1) is 0 Å². The van der Waals surface area contributed by atoms with E-state index in [-0.39, 0.29) is 10.8 Å². The smallest absolute Gasteiger partial charge is 0.260 e. The number of aromatic nitrogens is 2. The number of sulfone groups is 1. The summed E-state index contributed by atoms with van der Waals surface area (Å²) < 4.78 is 25.6. The Morgan fingerprint density at radius 3 is 2.53 bits per heavy atom. The minimum atomic E-state index is -3.33. The van der Waals surface area contributed by atoms with Gasteiger partial charge in [-0.3, -0.25) is 9.69 Å². The molecule has 1 amide bonds. The van der Waals surface area contributed by atoms with Gasteiger partial charge in [-0.1, -0.05) is 41.7 Å². The summed E-state index contributed by atoms with van der Waals surface area (Å²) in [6, 6.07) is 20.0. The van der Waals surface area contributed by atoms with Crippen molar-refractivity contribution in [3.8, 4) is 0 Å². The van der Waals surface area contributed by atoms with Crippen LogP contribution >= 0.6 is 22.7 Å². The second-order valence-corrected chi connectivity index (χ2v) is 11.2. The second kappa shape index (κ2) is 8.09. The van der Waals surface area contributed by atoms with Crippen LogP contribution in [0.5, 0.6) is 0 Å². The third-order valence-electron chi connectivity index (χ3n) is 5.01. The molecule has 0 spiro atoms. The SMILES string of the molecule is CS(=O)(=O)c1ccc2nc(N(Cc3ccccc3)C(=O)c3ccc4ncsc4c3)sc2c1. The molecule has 0 N–H and O–H groups in total. The first kappa shape index (κ1) is 20.7. The lowest BCUT2D eigenvalue weighted by atomic mass is 10.1. The lowest BCUT2D eigenvalue weighted by Gasteiger charge is -2.20. The van der Waals surface area contributed by atoms with Crippen molar-refractivity contribution in [2.24, 2.45) is 0 Å². The summed E-state index contributed by atoms with van der Waals surface area (Å²) in [5, 5.41) is 0.518. The van der Waals surface area contributed by atoms with Crippen molar-refractivity contribution in [1.82, 2.24) is 9.97 Å². The molecule has 0 saturated heterocycles. The van der Waals surface area contributed by atoms with Gasteiger partial charge in [0.1, 0.15) is 0 Å². The maximum atomic E-state index is 13.6. The molecule has 5 aromatic rings. The third-order valence-corrected chi connectivity index (χ3v) is 7.96. The maximum Gasteiger partial charge on any atom is 0.260 e. The summed E-state index contributed by atoms with van der Waals surface area (Å²) >= 11 is 2.79. The number of hydrogen-bond donors (Lipinski definition) is 0. The molecule has 9 heteroatoms. The van der Waals surface area contributed by atoms with E-state index in [1.807, 2.05) is 42.5 Å². The van der Waals surface area contributed by atoms with E-state index in [0.717, 1.165) is 15.8 Å². The van der Waals surface area contributed by atoms with Crippen LogP contribution in [0.25, 0.3) is 20.4 Å². The zero-order valence-electron chi connectivity index (χ0n) is 16.9. The van der Waals surface area contributed by atoms with Crippen molar-refractivity contribution in [3.05, 3.63) is 83.4 Å². The molecule has 0 aliphatic carbocycles. The minimum absolute atomic E-state index is 0.174. The second-order valence-electron chi connectivity index (χ2n) is 7.31. The highest BCUT2D eigenvalue weighted by Gasteiger charge is 2.23. The van der Waals surface area contributed by atoms with Gasteiger partial charge in [0.2, 0.25) is 0 Å². The van der Waals surface area contributed by atoms with Gasteiger partial charge >= 0.3 is 0 Å². The predicted octanol–water partition coefficient (Wildman–Crippen LogP) is 5.16. The normalized spacial score (nSPS) is 11.8. The van der Waals surface area contributed by atoms with Crippen LogP contribution in [0.2, 0.25) is 0 Å². The van der Waals surface area contributed by atoms with Gasteiger partial charge in [-0.25, -0.2) is 18.4 Å². The molecule has 0 radical (unpaired) electrons. The molecule has 5 rings (SSSR count). The number of nitrogens with zero attached hydrogens (tertiary/aromatic N) is 3. The van der Waals surface area contributed by atoms with Crippen LogP contribution in [-0.2, 0) is 16.4 Å². The Morgan fingerprint density at radius 1 is 0.969 bits per heavy atom. The van der Waals surface area contributed by atoms with Gasteiger partial charge in [0.15, 0.2) is 15.0 Å². The number of rotatable bonds is 5. The summed E-state index contributed by atoms with van der Waals surface area (Å²) in [4.78, 5) is 24.4. The molecule has 0 aliphatic heterocycles. The Balaban J connectivity index is 1.59. The molecule has 6 nitrogen and oxygen atoms in total. The van der Waals surface area contributed by atoms with Crippen molar-refractivity contribution in [2.75, 3.05) is 11.2 Å². The number of anilines is 1. The van der Waals surface area contributed by atoms with Gasteiger partial charge in [0.25, 0.3) is 5.91 Å². The summed E-state index contributed by atoms with van der Waals surface area (Å²) in [5.41, 5.74) is 4.79.